The molecule has 1 unspecified atom stereocenters. The van der Waals surface area contributed by atoms with E-state index in [2.05, 4.69) is 28.5 Å². The molecule has 3 heterocycles. The van der Waals surface area contributed by atoms with E-state index in [1.165, 1.54) is 0 Å². The standard InChI is InChI=1S/C19H25N3O3S/c1-24-15-8-12-9-17(19-21-14(2-5-23)11-26-19)22-18(12)16(10-15)20-13-3-6-25-7-4-13/h8-10,13-14,20,22-23H,2-7,11H2,1H3. The highest BCUT2D eigenvalue weighted by Crippen LogP contribution is 2.33. The van der Waals surface area contributed by atoms with E-state index in [0.717, 1.165) is 71.3 Å². The number of H-pyrrole nitrogens is 1. The molecule has 1 aromatic heterocycles. The van der Waals surface area contributed by atoms with E-state index in [1.807, 2.05) is 0 Å². The third kappa shape index (κ3) is 3.70. The van der Waals surface area contributed by atoms with Crippen molar-refractivity contribution in [2.45, 2.75) is 31.3 Å². The Morgan fingerprint density at radius 1 is 1.35 bits per heavy atom. The second-order valence-electron chi connectivity index (χ2n) is 6.76. The van der Waals surface area contributed by atoms with Crippen molar-refractivity contribution in [3.63, 3.8) is 0 Å². The molecule has 26 heavy (non-hydrogen) atoms. The van der Waals surface area contributed by atoms with Crippen LogP contribution in [0.3, 0.4) is 0 Å². The number of aliphatic hydroxyl groups excluding tert-OH is 1. The maximum atomic E-state index is 9.13. The van der Waals surface area contributed by atoms with Crippen molar-refractivity contribution in [3.8, 4) is 5.75 Å². The van der Waals surface area contributed by atoms with Crippen molar-refractivity contribution >= 4 is 33.4 Å². The molecule has 0 radical (unpaired) electrons. The van der Waals surface area contributed by atoms with Crippen LogP contribution in [0.2, 0.25) is 0 Å². The molecule has 7 heteroatoms. The summed E-state index contributed by atoms with van der Waals surface area (Å²) in [4.78, 5) is 8.30. The van der Waals surface area contributed by atoms with E-state index in [-0.39, 0.29) is 12.6 Å². The van der Waals surface area contributed by atoms with E-state index in [4.69, 9.17) is 19.6 Å². The quantitative estimate of drug-likeness (QED) is 0.723. The smallest absolute Gasteiger partial charge is 0.121 e. The first-order valence-electron chi connectivity index (χ1n) is 9.13. The fourth-order valence-corrected chi connectivity index (χ4v) is 4.57. The molecule has 3 N–H and O–H groups in total. The Bertz CT molecular complexity index is 799. The van der Waals surface area contributed by atoms with Crippen LogP contribution >= 0.6 is 11.8 Å². The molecular weight excluding hydrogens is 350 g/mol. The number of aromatic amines is 1. The van der Waals surface area contributed by atoms with Crippen molar-refractivity contribution < 1.29 is 14.6 Å². The third-order valence-electron chi connectivity index (χ3n) is 4.92. The number of anilines is 1. The second-order valence-corrected chi connectivity index (χ2v) is 7.77. The topological polar surface area (TPSA) is 78.9 Å². The van der Waals surface area contributed by atoms with Crippen LogP contribution in [0.15, 0.2) is 23.2 Å². The number of nitrogens with one attached hydrogen (secondary N) is 2. The van der Waals surface area contributed by atoms with Crippen LogP contribution in [-0.4, -0.2) is 59.9 Å². The maximum Gasteiger partial charge on any atom is 0.121 e. The van der Waals surface area contributed by atoms with Gasteiger partial charge in [0.1, 0.15) is 10.8 Å². The lowest BCUT2D eigenvalue weighted by Crippen LogP contribution is -2.27. The van der Waals surface area contributed by atoms with Gasteiger partial charge in [0.2, 0.25) is 0 Å². The number of fused-ring (bicyclic) bond motifs is 1. The van der Waals surface area contributed by atoms with Crippen molar-refractivity contribution in [1.29, 1.82) is 0 Å². The first-order valence-corrected chi connectivity index (χ1v) is 10.1. The number of hydrogen-bond acceptors (Lipinski definition) is 6. The predicted octanol–water partition coefficient (Wildman–Crippen LogP) is 3.01. The van der Waals surface area contributed by atoms with Crippen LogP contribution in [0.25, 0.3) is 10.9 Å². The van der Waals surface area contributed by atoms with E-state index >= 15 is 0 Å². The van der Waals surface area contributed by atoms with Crippen molar-refractivity contribution in [3.05, 3.63) is 23.9 Å². The number of nitrogens with zero attached hydrogens (tertiary/aromatic N) is 1. The number of hydrogen-bond donors (Lipinski definition) is 3. The van der Waals surface area contributed by atoms with Crippen LogP contribution in [0.5, 0.6) is 5.75 Å². The van der Waals surface area contributed by atoms with E-state index < -0.39 is 0 Å². The summed E-state index contributed by atoms with van der Waals surface area (Å²) in [6.45, 7) is 1.80. The zero-order valence-corrected chi connectivity index (χ0v) is 15.8. The number of rotatable bonds is 6. The van der Waals surface area contributed by atoms with Gasteiger partial charge in [-0.25, -0.2) is 0 Å². The van der Waals surface area contributed by atoms with Gasteiger partial charge in [0.25, 0.3) is 0 Å². The third-order valence-corrected chi connectivity index (χ3v) is 6.07. The molecule has 0 saturated carbocycles. The van der Waals surface area contributed by atoms with Crippen molar-refractivity contribution in [2.75, 3.05) is 38.0 Å². The second kappa shape index (κ2) is 7.90. The molecule has 1 aromatic carbocycles. The molecule has 6 nitrogen and oxygen atoms in total. The van der Waals surface area contributed by atoms with Crippen LogP contribution in [-0.2, 0) is 4.74 Å². The number of aliphatic hydroxyl groups is 1. The van der Waals surface area contributed by atoms with Gasteiger partial charge < -0.3 is 24.9 Å². The molecule has 0 spiro atoms. The zero-order valence-electron chi connectivity index (χ0n) is 15.0. The Balaban J connectivity index is 1.65. The monoisotopic (exact) mass is 375 g/mol. The molecule has 1 saturated heterocycles. The molecule has 1 atom stereocenters. The van der Waals surface area contributed by atoms with Crippen molar-refractivity contribution in [2.24, 2.45) is 4.99 Å². The minimum absolute atomic E-state index is 0.186. The average molecular weight is 375 g/mol. The summed E-state index contributed by atoms with van der Waals surface area (Å²) >= 11 is 1.75. The fraction of sp³-hybridized carbons (Fsp3) is 0.526. The predicted molar refractivity (Wildman–Crippen MR) is 107 cm³/mol. The number of methoxy groups -OCH3 is 1. The summed E-state index contributed by atoms with van der Waals surface area (Å²) in [7, 11) is 1.70. The van der Waals surface area contributed by atoms with Gasteiger partial charge in [-0.1, -0.05) is 0 Å². The van der Waals surface area contributed by atoms with Gasteiger partial charge in [0.15, 0.2) is 0 Å². The highest BCUT2D eigenvalue weighted by atomic mass is 32.2. The summed E-state index contributed by atoms with van der Waals surface area (Å²) in [5.41, 5.74) is 3.18. The lowest BCUT2D eigenvalue weighted by Gasteiger charge is -2.24. The first-order chi connectivity index (χ1) is 12.8. The molecule has 0 amide bonds. The van der Waals surface area contributed by atoms with Crippen molar-refractivity contribution in [1.82, 2.24) is 4.98 Å². The Hall–Kier alpha value is -1.70. The summed E-state index contributed by atoms with van der Waals surface area (Å²) < 4.78 is 11.0. The van der Waals surface area contributed by atoms with Gasteiger partial charge in [-0.05, 0) is 31.4 Å². The lowest BCUT2D eigenvalue weighted by atomic mass is 10.1. The summed E-state index contributed by atoms with van der Waals surface area (Å²) in [5.74, 6) is 1.78. The Kier molecular flexibility index (Phi) is 5.38. The molecular formula is C19H25N3O3S. The Morgan fingerprint density at radius 3 is 2.96 bits per heavy atom. The molecule has 2 aliphatic heterocycles. The number of aliphatic imine (C=N–C) groups is 1. The largest absolute Gasteiger partial charge is 0.497 e. The molecule has 1 fully saturated rings. The number of benzene rings is 1. The van der Waals surface area contributed by atoms with Crippen LogP contribution < -0.4 is 10.1 Å². The summed E-state index contributed by atoms with van der Waals surface area (Å²) in [5, 5.41) is 14.9. The molecule has 2 aliphatic rings. The van der Waals surface area contributed by atoms with Crippen LogP contribution in [0, 0.1) is 0 Å². The minimum atomic E-state index is 0.186. The molecule has 140 valence electrons. The zero-order chi connectivity index (χ0) is 17.9. The lowest BCUT2D eigenvalue weighted by molar-refractivity contribution is 0.0905. The van der Waals surface area contributed by atoms with E-state index in [9.17, 15) is 0 Å². The first kappa shape index (κ1) is 17.7. The van der Waals surface area contributed by atoms with E-state index in [0.29, 0.717) is 6.04 Å². The summed E-state index contributed by atoms with van der Waals surface area (Å²) in [6.07, 6.45) is 2.75. The van der Waals surface area contributed by atoms with Crippen LogP contribution in [0.4, 0.5) is 5.69 Å². The molecule has 4 rings (SSSR count). The minimum Gasteiger partial charge on any atom is -0.497 e. The van der Waals surface area contributed by atoms with Gasteiger partial charge in [0.05, 0.1) is 30.0 Å². The normalized spacial score (nSPS) is 21.2. The number of ether oxygens (including phenoxy) is 2. The molecule has 2 aromatic rings. The van der Waals surface area contributed by atoms with Gasteiger partial charge >= 0.3 is 0 Å². The fourth-order valence-electron chi connectivity index (χ4n) is 3.49. The van der Waals surface area contributed by atoms with Crippen LogP contribution in [0.1, 0.15) is 25.0 Å². The van der Waals surface area contributed by atoms with Gasteiger partial charge in [-0.15, -0.1) is 11.8 Å². The number of aromatic nitrogens is 1. The molecule has 0 aliphatic carbocycles. The molecule has 0 bridgehead atoms. The highest BCUT2D eigenvalue weighted by molar-refractivity contribution is 8.14. The van der Waals surface area contributed by atoms with Gasteiger partial charge in [-0.2, -0.15) is 0 Å². The Morgan fingerprint density at radius 2 is 2.19 bits per heavy atom. The summed E-state index contributed by atoms with van der Waals surface area (Å²) in [6, 6.07) is 6.87. The maximum absolute atomic E-state index is 9.13. The van der Waals surface area contributed by atoms with Gasteiger partial charge in [-0.3, -0.25) is 4.99 Å². The number of thioether (sulfide) groups is 1. The highest BCUT2D eigenvalue weighted by Gasteiger charge is 2.22. The Labute approximate surface area is 157 Å². The van der Waals surface area contributed by atoms with Gasteiger partial charge in [0, 0.05) is 43.1 Å². The average Bonchev–Trinajstić information content (AvgIpc) is 3.29. The van der Waals surface area contributed by atoms with E-state index in [1.54, 1.807) is 18.9 Å². The SMILES string of the molecule is COc1cc(NC2CCOCC2)c2[nH]c(C3=NC(CCO)CS3)cc2c1.